The van der Waals surface area contributed by atoms with Crippen LogP contribution in [0.4, 0.5) is 0 Å². The summed E-state index contributed by atoms with van der Waals surface area (Å²) in [7, 11) is -1.12. The summed E-state index contributed by atoms with van der Waals surface area (Å²) in [4.78, 5) is 20.4. The molecule has 28 heavy (non-hydrogen) atoms. The molecule has 0 radical (unpaired) electrons. The third kappa shape index (κ3) is 4.63. The molecule has 0 aliphatic carbocycles. The van der Waals surface area contributed by atoms with Crippen LogP contribution in [-0.4, -0.2) is 41.8 Å². The Balaban J connectivity index is 1.78. The van der Waals surface area contributed by atoms with Crippen LogP contribution in [0.25, 0.3) is 22.5 Å². The molecule has 9 heteroatoms. The second kappa shape index (κ2) is 8.46. The molecule has 0 saturated heterocycles. The zero-order valence-corrected chi connectivity index (χ0v) is 18.2. The van der Waals surface area contributed by atoms with Gasteiger partial charge in [0.2, 0.25) is 5.89 Å². The Morgan fingerprint density at radius 2 is 2.14 bits per heavy atom. The van der Waals surface area contributed by atoms with E-state index in [0.717, 1.165) is 23.7 Å². The lowest BCUT2D eigenvalue weighted by atomic mass is 10.2. The van der Waals surface area contributed by atoms with Gasteiger partial charge >= 0.3 is 5.97 Å². The summed E-state index contributed by atoms with van der Waals surface area (Å²) in [6, 6.07) is 2.99. The number of aromatic nitrogens is 3. The van der Waals surface area contributed by atoms with Crippen molar-refractivity contribution in [3.8, 4) is 11.5 Å². The van der Waals surface area contributed by atoms with Crippen molar-refractivity contribution >= 4 is 36.7 Å². The Labute approximate surface area is 169 Å². The molecule has 0 N–H and O–H groups in total. The normalized spacial score (nSPS) is 11.9. The highest BCUT2D eigenvalue weighted by molar-refractivity contribution is 6.76. The van der Waals surface area contributed by atoms with Crippen molar-refractivity contribution in [2.45, 2.75) is 39.3 Å². The summed E-state index contributed by atoms with van der Waals surface area (Å²) >= 11 is 6.56. The first-order valence-corrected chi connectivity index (χ1v) is 13.2. The zero-order valence-electron chi connectivity index (χ0n) is 16.5. The molecule has 0 saturated carbocycles. The molecule has 3 aromatic rings. The van der Waals surface area contributed by atoms with E-state index < -0.39 is 14.0 Å². The van der Waals surface area contributed by atoms with E-state index in [9.17, 15) is 4.79 Å². The Morgan fingerprint density at radius 1 is 1.36 bits per heavy atom. The number of nitrogens with zero attached hydrogens (tertiary/aromatic N) is 3. The second-order valence-electron chi connectivity index (χ2n) is 7.62. The van der Waals surface area contributed by atoms with E-state index in [1.807, 2.05) is 16.8 Å². The van der Waals surface area contributed by atoms with Crippen LogP contribution in [-0.2, 0) is 16.2 Å². The van der Waals surface area contributed by atoms with Crippen LogP contribution < -0.4 is 0 Å². The number of carbonyl (C=O) groups is 1. The van der Waals surface area contributed by atoms with Gasteiger partial charge in [0.25, 0.3) is 0 Å². The molecule has 0 amide bonds. The SMILES string of the molecule is CCOC(=O)c1coc(-c2cnc3c(ccn3COCC[Si](C)(C)C)c2Cl)n1. The average Bonchev–Trinajstić information content (AvgIpc) is 3.26. The lowest BCUT2D eigenvalue weighted by molar-refractivity contribution is 0.0519. The fourth-order valence-electron chi connectivity index (χ4n) is 2.60. The molecule has 0 aliphatic heterocycles. The number of rotatable bonds is 8. The van der Waals surface area contributed by atoms with Crippen molar-refractivity contribution in [2.75, 3.05) is 13.2 Å². The molecular weight excluding hydrogens is 398 g/mol. The molecule has 3 rings (SSSR count). The number of carbonyl (C=O) groups excluding carboxylic acids is 1. The Hall–Kier alpha value is -2.16. The lowest BCUT2D eigenvalue weighted by Crippen LogP contribution is -2.22. The largest absolute Gasteiger partial charge is 0.461 e. The maximum absolute atomic E-state index is 11.8. The number of fused-ring (bicyclic) bond motifs is 1. The highest BCUT2D eigenvalue weighted by Crippen LogP contribution is 2.33. The maximum atomic E-state index is 11.8. The molecule has 0 bridgehead atoms. The lowest BCUT2D eigenvalue weighted by Gasteiger charge is -2.15. The van der Waals surface area contributed by atoms with Gasteiger partial charge in [-0.25, -0.2) is 14.8 Å². The molecule has 0 aromatic carbocycles. The van der Waals surface area contributed by atoms with Gasteiger partial charge in [-0.15, -0.1) is 0 Å². The predicted molar refractivity (Wildman–Crippen MR) is 110 cm³/mol. The van der Waals surface area contributed by atoms with E-state index in [-0.39, 0.29) is 18.2 Å². The first-order valence-electron chi connectivity index (χ1n) is 9.14. The molecule has 7 nitrogen and oxygen atoms in total. The number of oxazole rings is 1. The minimum Gasteiger partial charge on any atom is -0.461 e. The van der Waals surface area contributed by atoms with E-state index in [1.165, 1.54) is 6.26 Å². The van der Waals surface area contributed by atoms with Crippen LogP contribution in [0.3, 0.4) is 0 Å². The van der Waals surface area contributed by atoms with E-state index >= 15 is 0 Å². The van der Waals surface area contributed by atoms with E-state index in [2.05, 4.69) is 29.6 Å². The molecule has 150 valence electrons. The molecule has 0 atom stereocenters. The van der Waals surface area contributed by atoms with Crippen molar-refractivity contribution in [1.29, 1.82) is 0 Å². The second-order valence-corrected chi connectivity index (χ2v) is 13.6. The average molecular weight is 422 g/mol. The van der Waals surface area contributed by atoms with Gasteiger partial charge in [0.05, 0.1) is 17.2 Å². The Morgan fingerprint density at radius 3 is 2.86 bits per heavy atom. The third-order valence-electron chi connectivity index (χ3n) is 4.17. The van der Waals surface area contributed by atoms with Crippen LogP contribution in [0.1, 0.15) is 17.4 Å². The van der Waals surface area contributed by atoms with Gasteiger partial charge in [0.1, 0.15) is 18.6 Å². The minimum atomic E-state index is -1.12. The Kier molecular flexibility index (Phi) is 6.22. The number of ether oxygens (including phenoxy) is 2. The molecule has 0 fully saturated rings. The maximum Gasteiger partial charge on any atom is 0.360 e. The zero-order chi connectivity index (χ0) is 20.3. The van der Waals surface area contributed by atoms with Crippen molar-refractivity contribution in [1.82, 2.24) is 14.5 Å². The summed E-state index contributed by atoms with van der Waals surface area (Å²) < 4.78 is 18.0. The van der Waals surface area contributed by atoms with E-state index in [4.69, 9.17) is 25.5 Å². The van der Waals surface area contributed by atoms with Gasteiger partial charge in [-0.1, -0.05) is 31.2 Å². The summed E-state index contributed by atoms with van der Waals surface area (Å²) in [5, 5.41) is 1.23. The molecule has 0 unspecified atom stereocenters. The number of hydrogen-bond acceptors (Lipinski definition) is 6. The van der Waals surface area contributed by atoms with Crippen molar-refractivity contribution in [3.63, 3.8) is 0 Å². The van der Waals surface area contributed by atoms with Gasteiger partial charge in [-0.2, -0.15) is 0 Å². The van der Waals surface area contributed by atoms with Gasteiger partial charge < -0.3 is 18.5 Å². The summed E-state index contributed by atoms with van der Waals surface area (Å²) in [5.41, 5.74) is 1.34. The predicted octanol–water partition coefficient (Wildman–Crippen LogP) is 4.83. The topological polar surface area (TPSA) is 79.4 Å². The monoisotopic (exact) mass is 421 g/mol. The number of pyridine rings is 1. The van der Waals surface area contributed by atoms with Crippen molar-refractivity contribution < 1.29 is 18.7 Å². The van der Waals surface area contributed by atoms with Crippen molar-refractivity contribution in [2.24, 2.45) is 0 Å². The van der Waals surface area contributed by atoms with Gasteiger partial charge in [-0.3, -0.25) is 0 Å². The van der Waals surface area contributed by atoms with Gasteiger partial charge in [0, 0.05) is 32.5 Å². The molecule has 0 spiro atoms. The first-order chi connectivity index (χ1) is 13.3. The fourth-order valence-corrected chi connectivity index (χ4v) is 3.63. The number of esters is 1. The van der Waals surface area contributed by atoms with Crippen LogP contribution >= 0.6 is 11.6 Å². The fraction of sp³-hybridized carbons (Fsp3) is 0.421. The highest BCUT2D eigenvalue weighted by atomic mass is 35.5. The smallest absolute Gasteiger partial charge is 0.360 e. The molecular formula is C19H24ClN3O4Si. The third-order valence-corrected chi connectivity index (χ3v) is 6.28. The van der Waals surface area contributed by atoms with Crippen LogP contribution in [0.5, 0.6) is 0 Å². The van der Waals surface area contributed by atoms with Gasteiger partial charge in [-0.05, 0) is 19.0 Å². The summed E-state index contributed by atoms with van der Waals surface area (Å²) in [6.45, 7) is 10.1. The molecule has 3 heterocycles. The van der Waals surface area contributed by atoms with Crippen LogP contribution in [0.15, 0.2) is 29.1 Å². The summed E-state index contributed by atoms with van der Waals surface area (Å²) in [5.74, 6) is -0.314. The minimum absolute atomic E-state index is 0.0985. The van der Waals surface area contributed by atoms with Crippen LogP contribution in [0, 0.1) is 0 Å². The molecule has 3 aromatic heterocycles. The molecule has 0 aliphatic rings. The Bertz CT molecular complexity index is 977. The summed E-state index contributed by atoms with van der Waals surface area (Å²) in [6.07, 6.45) is 4.73. The standard InChI is InChI=1S/C19H24ClN3O4Si/c1-5-26-19(24)15-11-27-18(22-15)14-10-21-17-13(16(14)20)6-7-23(17)12-25-8-9-28(2,3)4/h6-7,10-11H,5,8-9,12H2,1-4H3. The highest BCUT2D eigenvalue weighted by Gasteiger charge is 2.19. The quantitative estimate of drug-likeness (QED) is 0.294. The van der Waals surface area contributed by atoms with Crippen molar-refractivity contribution in [3.05, 3.63) is 35.4 Å². The van der Waals surface area contributed by atoms with Crippen LogP contribution in [0.2, 0.25) is 30.7 Å². The first kappa shape index (κ1) is 20.6. The van der Waals surface area contributed by atoms with Gasteiger partial charge in [0.15, 0.2) is 5.69 Å². The number of halogens is 1. The number of hydrogen-bond donors (Lipinski definition) is 0. The van der Waals surface area contributed by atoms with E-state index in [1.54, 1.807) is 13.1 Å². The van der Waals surface area contributed by atoms with E-state index in [0.29, 0.717) is 17.3 Å².